The van der Waals surface area contributed by atoms with Crippen molar-refractivity contribution in [2.45, 2.75) is 56.1 Å². The van der Waals surface area contributed by atoms with E-state index in [4.69, 9.17) is 0 Å². The van der Waals surface area contributed by atoms with E-state index >= 15 is 0 Å². The predicted octanol–water partition coefficient (Wildman–Crippen LogP) is 4.70. The smallest absolute Gasteiger partial charge is 0.0863 e. The molecule has 0 saturated carbocycles. The van der Waals surface area contributed by atoms with Crippen LogP contribution >= 0.6 is 0 Å². The maximum absolute atomic E-state index is 12.7. The lowest BCUT2D eigenvalue weighted by Crippen LogP contribution is -2.11. The highest BCUT2D eigenvalue weighted by atomic mass is 32.2. The van der Waals surface area contributed by atoms with Crippen LogP contribution in [0.3, 0.4) is 0 Å². The summed E-state index contributed by atoms with van der Waals surface area (Å²) < 4.78 is 12.7. The first-order chi connectivity index (χ1) is 9.74. The van der Waals surface area contributed by atoms with E-state index < -0.39 is 10.8 Å². The molecule has 2 atom stereocenters. The molecule has 0 fully saturated rings. The summed E-state index contributed by atoms with van der Waals surface area (Å²) in [6.07, 6.45) is 7.72. The van der Waals surface area contributed by atoms with Crippen molar-refractivity contribution in [1.29, 1.82) is 0 Å². The van der Waals surface area contributed by atoms with Crippen LogP contribution < -0.4 is 0 Å². The van der Waals surface area contributed by atoms with E-state index in [1.165, 1.54) is 25.7 Å². The third-order valence-electron chi connectivity index (χ3n) is 3.64. The Balaban J connectivity index is 2.10. The standard InChI is InChI=1S/C17H23NOS/c1-3-4-5-6-9-14(2)20(19)16-12-7-10-15-11-8-13-18-17(15)16/h7-8,10-14H,3-6,9H2,1-2H3. The zero-order valence-corrected chi connectivity index (χ0v) is 13.2. The van der Waals surface area contributed by atoms with Crippen LogP contribution in [-0.2, 0) is 10.8 Å². The summed E-state index contributed by atoms with van der Waals surface area (Å²) >= 11 is 0. The van der Waals surface area contributed by atoms with Gasteiger partial charge in [-0.25, -0.2) is 0 Å². The second-order valence-electron chi connectivity index (χ2n) is 5.29. The summed E-state index contributed by atoms with van der Waals surface area (Å²) in [4.78, 5) is 5.28. The van der Waals surface area contributed by atoms with Crippen LogP contribution in [-0.4, -0.2) is 14.4 Å². The van der Waals surface area contributed by atoms with Crippen LogP contribution in [0, 0.1) is 0 Å². The van der Waals surface area contributed by atoms with Gasteiger partial charge >= 0.3 is 0 Å². The average molecular weight is 289 g/mol. The van der Waals surface area contributed by atoms with Crippen LogP contribution in [0.15, 0.2) is 41.4 Å². The first-order valence-electron chi connectivity index (χ1n) is 7.48. The van der Waals surface area contributed by atoms with Crippen molar-refractivity contribution in [3.8, 4) is 0 Å². The Morgan fingerprint density at radius 3 is 2.75 bits per heavy atom. The molecule has 0 bridgehead atoms. The second kappa shape index (κ2) is 7.53. The first kappa shape index (κ1) is 15.2. The maximum atomic E-state index is 12.7. The lowest BCUT2D eigenvalue weighted by molar-refractivity contribution is 0.614. The third-order valence-corrected chi connectivity index (χ3v) is 5.37. The summed E-state index contributed by atoms with van der Waals surface area (Å²) in [5.74, 6) is 0. The highest BCUT2D eigenvalue weighted by Gasteiger charge is 2.16. The third kappa shape index (κ3) is 3.66. The van der Waals surface area contributed by atoms with Gasteiger partial charge in [0.25, 0.3) is 0 Å². The first-order valence-corrected chi connectivity index (χ1v) is 8.69. The zero-order valence-electron chi connectivity index (χ0n) is 12.3. The van der Waals surface area contributed by atoms with Gasteiger partial charge in [-0.05, 0) is 18.6 Å². The highest BCUT2D eigenvalue weighted by molar-refractivity contribution is 7.85. The van der Waals surface area contributed by atoms with Gasteiger partial charge in [0.1, 0.15) is 0 Å². The van der Waals surface area contributed by atoms with Crippen LogP contribution in [0.1, 0.15) is 46.0 Å². The number of fused-ring (bicyclic) bond motifs is 1. The molecule has 0 aliphatic heterocycles. The molecule has 0 amide bonds. The van der Waals surface area contributed by atoms with Gasteiger partial charge in [0.2, 0.25) is 0 Å². The quantitative estimate of drug-likeness (QED) is 0.691. The van der Waals surface area contributed by atoms with E-state index in [1.807, 2.05) is 30.3 Å². The van der Waals surface area contributed by atoms with Gasteiger partial charge < -0.3 is 0 Å². The molecule has 1 aromatic carbocycles. The SMILES string of the molecule is CCCCCCC(C)S(=O)c1cccc2cccnc12. The minimum absolute atomic E-state index is 0.194. The number of nitrogens with zero attached hydrogens (tertiary/aromatic N) is 1. The molecule has 3 heteroatoms. The Hall–Kier alpha value is -1.22. The molecule has 20 heavy (non-hydrogen) atoms. The molecule has 0 aliphatic carbocycles. The molecule has 0 aliphatic rings. The number of unbranched alkanes of at least 4 members (excludes halogenated alkanes) is 3. The fourth-order valence-corrected chi connectivity index (χ4v) is 3.81. The second-order valence-corrected chi connectivity index (χ2v) is 7.13. The van der Waals surface area contributed by atoms with Crippen molar-refractivity contribution in [2.24, 2.45) is 0 Å². The van der Waals surface area contributed by atoms with Gasteiger partial charge in [0.15, 0.2) is 0 Å². The molecule has 2 nitrogen and oxygen atoms in total. The minimum atomic E-state index is -0.971. The summed E-state index contributed by atoms with van der Waals surface area (Å²) in [7, 11) is -0.971. The van der Waals surface area contributed by atoms with E-state index in [-0.39, 0.29) is 5.25 Å². The largest absolute Gasteiger partial charge is 0.255 e. The van der Waals surface area contributed by atoms with Crippen molar-refractivity contribution in [1.82, 2.24) is 4.98 Å². The number of pyridine rings is 1. The molecule has 2 aromatic rings. The molecule has 1 heterocycles. The average Bonchev–Trinajstić information content (AvgIpc) is 2.50. The van der Waals surface area contributed by atoms with Crippen molar-refractivity contribution in [2.75, 3.05) is 0 Å². The summed E-state index contributed by atoms with van der Waals surface area (Å²) in [6, 6.07) is 9.89. The number of benzene rings is 1. The lowest BCUT2D eigenvalue weighted by atomic mass is 10.1. The number of hydrogen-bond donors (Lipinski definition) is 0. The van der Waals surface area contributed by atoms with Gasteiger partial charge in [-0.3, -0.25) is 9.19 Å². The Labute approximate surface area is 124 Å². The summed E-state index contributed by atoms with van der Waals surface area (Å²) in [5.41, 5.74) is 0.883. The zero-order chi connectivity index (χ0) is 14.4. The van der Waals surface area contributed by atoms with Crippen LogP contribution in [0.5, 0.6) is 0 Å². The summed E-state index contributed by atoms with van der Waals surface area (Å²) in [5, 5.41) is 1.26. The van der Waals surface area contributed by atoms with Crippen molar-refractivity contribution >= 4 is 21.7 Å². The molecular formula is C17H23NOS. The fourth-order valence-electron chi connectivity index (χ4n) is 2.42. The van der Waals surface area contributed by atoms with E-state index in [0.717, 1.165) is 22.2 Å². The lowest BCUT2D eigenvalue weighted by Gasteiger charge is -2.12. The Morgan fingerprint density at radius 2 is 1.95 bits per heavy atom. The molecule has 0 N–H and O–H groups in total. The monoisotopic (exact) mass is 289 g/mol. The van der Waals surface area contributed by atoms with E-state index in [0.29, 0.717) is 0 Å². The van der Waals surface area contributed by atoms with E-state index in [2.05, 4.69) is 18.8 Å². The van der Waals surface area contributed by atoms with Gasteiger partial charge in [-0.15, -0.1) is 0 Å². The number of aromatic nitrogens is 1. The van der Waals surface area contributed by atoms with Crippen LogP contribution in [0.25, 0.3) is 10.9 Å². The van der Waals surface area contributed by atoms with Crippen LogP contribution in [0.4, 0.5) is 0 Å². The number of hydrogen-bond acceptors (Lipinski definition) is 2. The van der Waals surface area contributed by atoms with Gasteiger partial charge in [-0.2, -0.15) is 0 Å². The molecule has 108 valence electrons. The Morgan fingerprint density at radius 1 is 1.15 bits per heavy atom. The van der Waals surface area contributed by atoms with Gasteiger partial charge in [-0.1, -0.05) is 57.7 Å². The van der Waals surface area contributed by atoms with Crippen molar-refractivity contribution in [3.05, 3.63) is 36.5 Å². The molecule has 2 rings (SSSR count). The fraction of sp³-hybridized carbons (Fsp3) is 0.471. The maximum Gasteiger partial charge on any atom is 0.0863 e. The Bertz CT molecular complexity index is 577. The van der Waals surface area contributed by atoms with Crippen LogP contribution in [0.2, 0.25) is 0 Å². The normalized spacial score (nSPS) is 14.3. The van der Waals surface area contributed by atoms with Crippen molar-refractivity contribution < 1.29 is 4.21 Å². The minimum Gasteiger partial charge on any atom is -0.255 e. The number of para-hydroxylation sites is 1. The molecule has 0 spiro atoms. The Kier molecular flexibility index (Phi) is 5.72. The highest BCUT2D eigenvalue weighted by Crippen LogP contribution is 2.23. The number of rotatable bonds is 7. The van der Waals surface area contributed by atoms with Gasteiger partial charge in [0, 0.05) is 16.8 Å². The van der Waals surface area contributed by atoms with E-state index in [9.17, 15) is 4.21 Å². The molecule has 2 unspecified atom stereocenters. The van der Waals surface area contributed by atoms with Gasteiger partial charge in [0.05, 0.1) is 21.2 Å². The molecule has 0 saturated heterocycles. The molecular weight excluding hydrogens is 266 g/mol. The molecule has 1 aromatic heterocycles. The van der Waals surface area contributed by atoms with Crippen molar-refractivity contribution in [3.63, 3.8) is 0 Å². The predicted molar refractivity (Wildman–Crippen MR) is 86.4 cm³/mol. The topological polar surface area (TPSA) is 30.0 Å². The van der Waals surface area contributed by atoms with E-state index in [1.54, 1.807) is 6.20 Å². The summed E-state index contributed by atoms with van der Waals surface area (Å²) in [6.45, 7) is 4.30. The molecule has 0 radical (unpaired) electrons.